The summed E-state index contributed by atoms with van der Waals surface area (Å²) in [5, 5.41) is 17.3. The van der Waals surface area contributed by atoms with Crippen molar-refractivity contribution in [3.63, 3.8) is 0 Å². The van der Waals surface area contributed by atoms with Crippen molar-refractivity contribution < 1.29 is 14.7 Å². The van der Waals surface area contributed by atoms with Crippen molar-refractivity contribution in [1.82, 2.24) is 14.9 Å². The minimum absolute atomic E-state index is 0.0461. The number of nitrogens with one attached hydrogen (secondary N) is 1. The Labute approximate surface area is 213 Å². The van der Waals surface area contributed by atoms with E-state index in [2.05, 4.69) is 15.3 Å². The Balaban J connectivity index is 1.51. The van der Waals surface area contributed by atoms with E-state index < -0.39 is 6.10 Å². The van der Waals surface area contributed by atoms with Crippen LogP contribution in [0.1, 0.15) is 32.4 Å². The number of amides is 2. The zero-order valence-corrected chi connectivity index (χ0v) is 21.1. The molecule has 4 rings (SSSR count). The van der Waals surface area contributed by atoms with Crippen LogP contribution >= 0.6 is 11.3 Å². The average Bonchev–Trinajstić information content (AvgIpc) is 3.44. The summed E-state index contributed by atoms with van der Waals surface area (Å²) in [7, 11) is 5.30. The van der Waals surface area contributed by atoms with Crippen LogP contribution < -0.4 is 10.2 Å². The van der Waals surface area contributed by atoms with E-state index in [4.69, 9.17) is 0 Å². The highest BCUT2D eigenvalue weighted by atomic mass is 32.1. The second-order valence-electron chi connectivity index (χ2n) is 8.49. The molecule has 1 atom stereocenters. The molecule has 184 valence electrons. The number of thiophene rings is 1. The standard InChI is InChI=1S/C27H27N5O3S/c1-31(2)27-28-15-22(24(30-27)18-8-5-4-6-9-18)26(35)32(3)16-23(33)19-10-7-11-21(14-19)29-25(34)20-12-13-36-17-20/h4-15,17,23,33H,16H2,1-3H3,(H,29,34). The number of hydrogen-bond donors (Lipinski definition) is 2. The van der Waals surface area contributed by atoms with Crippen LogP contribution in [0, 0.1) is 0 Å². The Bertz CT molecular complexity index is 1340. The molecule has 0 bridgehead atoms. The van der Waals surface area contributed by atoms with Gasteiger partial charge in [0.2, 0.25) is 5.95 Å². The van der Waals surface area contributed by atoms with E-state index in [1.165, 1.54) is 22.4 Å². The predicted octanol–water partition coefficient (Wildman–Crippen LogP) is 4.33. The van der Waals surface area contributed by atoms with Crippen molar-refractivity contribution >= 4 is 34.8 Å². The van der Waals surface area contributed by atoms with Crippen LogP contribution in [0.2, 0.25) is 0 Å². The molecule has 0 radical (unpaired) electrons. The molecule has 9 heteroatoms. The van der Waals surface area contributed by atoms with Crippen LogP contribution in [0.3, 0.4) is 0 Å². The third-order valence-electron chi connectivity index (χ3n) is 5.56. The molecule has 1 unspecified atom stereocenters. The molecule has 2 aromatic carbocycles. The van der Waals surface area contributed by atoms with Gasteiger partial charge in [0.25, 0.3) is 11.8 Å². The van der Waals surface area contributed by atoms with Gasteiger partial charge in [-0.3, -0.25) is 9.59 Å². The van der Waals surface area contributed by atoms with Gasteiger partial charge in [0.05, 0.1) is 29.5 Å². The summed E-state index contributed by atoms with van der Waals surface area (Å²) in [5.74, 6) is -0.0284. The van der Waals surface area contributed by atoms with E-state index in [0.717, 1.165) is 5.56 Å². The predicted molar refractivity (Wildman–Crippen MR) is 142 cm³/mol. The zero-order chi connectivity index (χ0) is 25.7. The van der Waals surface area contributed by atoms with E-state index in [-0.39, 0.29) is 18.4 Å². The summed E-state index contributed by atoms with van der Waals surface area (Å²) in [6.07, 6.45) is 0.565. The lowest BCUT2D eigenvalue weighted by Crippen LogP contribution is -2.32. The molecule has 0 saturated heterocycles. The highest BCUT2D eigenvalue weighted by Crippen LogP contribution is 2.25. The number of aromatic nitrogens is 2. The molecule has 36 heavy (non-hydrogen) atoms. The summed E-state index contributed by atoms with van der Waals surface area (Å²) < 4.78 is 0. The Morgan fingerprint density at radius 1 is 1.06 bits per heavy atom. The van der Waals surface area contributed by atoms with E-state index in [9.17, 15) is 14.7 Å². The topological polar surface area (TPSA) is 98.7 Å². The van der Waals surface area contributed by atoms with Crippen LogP contribution in [0.25, 0.3) is 11.3 Å². The van der Waals surface area contributed by atoms with Crippen LogP contribution in [0.5, 0.6) is 0 Å². The number of carbonyl (C=O) groups excluding carboxylic acids is 2. The minimum atomic E-state index is -0.959. The van der Waals surface area contributed by atoms with E-state index in [1.807, 2.05) is 49.8 Å². The number of aliphatic hydroxyl groups excluding tert-OH is 1. The van der Waals surface area contributed by atoms with Gasteiger partial charge in [-0.25, -0.2) is 9.97 Å². The van der Waals surface area contributed by atoms with Crippen molar-refractivity contribution in [2.24, 2.45) is 0 Å². The lowest BCUT2D eigenvalue weighted by atomic mass is 10.1. The van der Waals surface area contributed by atoms with Crippen LogP contribution in [-0.4, -0.2) is 59.5 Å². The summed E-state index contributed by atoms with van der Waals surface area (Å²) >= 11 is 1.45. The molecule has 0 fully saturated rings. The first kappa shape index (κ1) is 25.0. The summed E-state index contributed by atoms with van der Waals surface area (Å²) in [6.45, 7) is 0.0461. The van der Waals surface area contributed by atoms with Gasteiger partial charge in [0, 0.05) is 44.0 Å². The third kappa shape index (κ3) is 5.76. The van der Waals surface area contributed by atoms with E-state index in [0.29, 0.717) is 34.0 Å². The summed E-state index contributed by atoms with van der Waals surface area (Å²) in [4.78, 5) is 37.9. The number of carbonyl (C=O) groups is 2. The second kappa shape index (κ2) is 11.1. The first-order valence-electron chi connectivity index (χ1n) is 11.3. The molecule has 0 aliphatic heterocycles. The van der Waals surface area contributed by atoms with Crippen molar-refractivity contribution in [3.05, 3.63) is 94.3 Å². The molecule has 2 aromatic heterocycles. The number of rotatable bonds is 8. The number of benzene rings is 2. The molecule has 8 nitrogen and oxygen atoms in total. The number of likely N-dealkylation sites (N-methyl/N-ethyl adjacent to an activating group) is 1. The molecular formula is C27H27N5O3S. The van der Waals surface area contributed by atoms with Gasteiger partial charge in [0.1, 0.15) is 0 Å². The third-order valence-corrected chi connectivity index (χ3v) is 6.24. The molecule has 0 spiro atoms. The number of nitrogens with zero attached hydrogens (tertiary/aromatic N) is 4. The fraction of sp³-hybridized carbons (Fsp3) is 0.185. The van der Waals surface area contributed by atoms with Gasteiger partial charge in [0.15, 0.2) is 0 Å². The first-order chi connectivity index (χ1) is 17.3. The maximum atomic E-state index is 13.4. The maximum absolute atomic E-state index is 13.4. The fourth-order valence-electron chi connectivity index (χ4n) is 3.63. The van der Waals surface area contributed by atoms with Gasteiger partial charge in [-0.1, -0.05) is 42.5 Å². The normalized spacial score (nSPS) is 11.6. The molecule has 0 saturated carbocycles. The molecule has 4 aromatic rings. The molecule has 0 aliphatic carbocycles. The zero-order valence-electron chi connectivity index (χ0n) is 20.3. The summed E-state index contributed by atoms with van der Waals surface area (Å²) in [6, 6.07) is 18.2. The Morgan fingerprint density at radius 2 is 1.83 bits per heavy atom. The number of aliphatic hydroxyl groups is 1. The lowest BCUT2D eigenvalue weighted by Gasteiger charge is -2.23. The monoisotopic (exact) mass is 501 g/mol. The maximum Gasteiger partial charge on any atom is 0.257 e. The van der Waals surface area contributed by atoms with Crippen molar-refractivity contribution in [2.45, 2.75) is 6.10 Å². The van der Waals surface area contributed by atoms with Gasteiger partial charge in [-0.15, -0.1) is 0 Å². The van der Waals surface area contributed by atoms with Crippen molar-refractivity contribution in [1.29, 1.82) is 0 Å². The quantitative estimate of drug-likeness (QED) is 0.373. The SMILES string of the molecule is CN(CC(O)c1cccc(NC(=O)c2ccsc2)c1)C(=O)c1cnc(N(C)C)nc1-c1ccccc1. The van der Waals surface area contributed by atoms with Crippen LogP contribution in [0.15, 0.2) is 77.6 Å². The van der Waals surface area contributed by atoms with Gasteiger partial charge < -0.3 is 20.2 Å². The lowest BCUT2D eigenvalue weighted by molar-refractivity contribution is 0.0681. The molecular weight excluding hydrogens is 474 g/mol. The van der Waals surface area contributed by atoms with Gasteiger partial charge in [-0.2, -0.15) is 11.3 Å². The first-order valence-corrected chi connectivity index (χ1v) is 12.2. The molecule has 2 N–H and O–H groups in total. The Hall–Kier alpha value is -4.08. The van der Waals surface area contributed by atoms with Gasteiger partial charge in [-0.05, 0) is 29.1 Å². The highest BCUT2D eigenvalue weighted by Gasteiger charge is 2.22. The van der Waals surface area contributed by atoms with Crippen LogP contribution in [-0.2, 0) is 0 Å². The smallest absolute Gasteiger partial charge is 0.257 e. The highest BCUT2D eigenvalue weighted by molar-refractivity contribution is 7.08. The van der Waals surface area contributed by atoms with Crippen molar-refractivity contribution in [2.75, 3.05) is 37.9 Å². The number of anilines is 2. The summed E-state index contributed by atoms with van der Waals surface area (Å²) in [5.41, 5.74) is 3.40. The molecule has 2 heterocycles. The molecule has 2 amide bonds. The van der Waals surface area contributed by atoms with E-state index >= 15 is 0 Å². The average molecular weight is 502 g/mol. The van der Waals surface area contributed by atoms with E-state index in [1.54, 1.807) is 47.7 Å². The molecule has 0 aliphatic rings. The van der Waals surface area contributed by atoms with Gasteiger partial charge >= 0.3 is 0 Å². The minimum Gasteiger partial charge on any atom is -0.387 e. The largest absolute Gasteiger partial charge is 0.387 e. The Kier molecular flexibility index (Phi) is 7.72. The van der Waals surface area contributed by atoms with Crippen molar-refractivity contribution in [3.8, 4) is 11.3 Å². The van der Waals surface area contributed by atoms with Crippen LogP contribution in [0.4, 0.5) is 11.6 Å². The fourth-order valence-corrected chi connectivity index (χ4v) is 4.27. The second-order valence-corrected chi connectivity index (χ2v) is 9.27. The Morgan fingerprint density at radius 3 is 2.53 bits per heavy atom. The number of hydrogen-bond acceptors (Lipinski definition) is 7.